The van der Waals surface area contributed by atoms with Crippen molar-refractivity contribution in [2.75, 3.05) is 33.4 Å². The van der Waals surface area contributed by atoms with E-state index in [4.69, 9.17) is 9.47 Å². The van der Waals surface area contributed by atoms with Gasteiger partial charge in [-0.25, -0.2) is 0 Å². The quantitative estimate of drug-likeness (QED) is 0.462. The molecule has 1 fully saturated rings. The van der Waals surface area contributed by atoms with E-state index < -0.39 is 5.54 Å². The van der Waals surface area contributed by atoms with Crippen LogP contribution in [0.15, 0.2) is 42.5 Å². The Hall–Kier alpha value is -3.48. The van der Waals surface area contributed by atoms with Crippen LogP contribution in [-0.2, 0) is 15.1 Å². The van der Waals surface area contributed by atoms with Gasteiger partial charge in [0.1, 0.15) is 0 Å². The molecular weight excluding hydrogens is 454 g/mol. The highest BCUT2D eigenvalue weighted by atomic mass is 16.5. The van der Waals surface area contributed by atoms with E-state index in [1.165, 1.54) is 0 Å². The fourth-order valence-electron chi connectivity index (χ4n) is 5.96. The average Bonchev–Trinajstić information content (AvgIpc) is 3.28. The Bertz CT molecular complexity index is 1300. The number of nitrogens with one attached hydrogen (secondary N) is 1. The minimum Gasteiger partial charge on any atom is -0.493 e. The molecule has 1 N–H and O–H groups in total. The van der Waals surface area contributed by atoms with Gasteiger partial charge in [0, 0.05) is 35.5 Å². The molecule has 2 aliphatic heterocycles. The van der Waals surface area contributed by atoms with Crippen molar-refractivity contribution in [2.24, 2.45) is 0 Å². The molecule has 2 atom stereocenters. The lowest BCUT2D eigenvalue weighted by atomic mass is 9.76. The number of fused-ring (bicyclic) bond motifs is 5. The van der Waals surface area contributed by atoms with Gasteiger partial charge in [0.05, 0.1) is 26.0 Å². The lowest BCUT2D eigenvalue weighted by Gasteiger charge is -2.51. The normalized spacial score (nSPS) is 21.5. The van der Waals surface area contributed by atoms with E-state index in [0.29, 0.717) is 31.2 Å². The average molecular weight is 490 g/mol. The smallest absolute Gasteiger partial charge is 0.254 e. The number of benzene rings is 2. The number of nitrogens with zero attached hydrogens (tertiary/aromatic N) is 2. The molecule has 190 valence electrons. The molecule has 7 heteroatoms. The summed E-state index contributed by atoms with van der Waals surface area (Å²) in [4.78, 5) is 34.8. The minimum atomic E-state index is -1.09. The van der Waals surface area contributed by atoms with Crippen molar-refractivity contribution in [1.82, 2.24) is 14.8 Å². The predicted octanol–water partition coefficient (Wildman–Crippen LogP) is 4.80. The number of hydrogen-bond acceptors (Lipinski definition) is 4. The number of amides is 2. The molecule has 1 saturated heterocycles. The molecular formula is C29H35N3O4. The third-order valence-electron chi connectivity index (χ3n) is 7.74. The monoisotopic (exact) mass is 489 g/mol. The number of methoxy groups -OCH3 is 1. The van der Waals surface area contributed by atoms with E-state index in [0.717, 1.165) is 47.0 Å². The molecule has 2 aromatic carbocycles. The molecule has 0 radical (unpaired) electrons. The third kappa shape index (κ3) is 3.64. The molecule has 3 heterocycles. The van der Waals surface area contributed by atoms with Gasteiger partial charge in [0.15, 0.2) is 17.0 Å². The summed E-state index contributed by atoms with van der Waals surface area (Å²) in [6, 6.07) is 14.0. The van der Waals surface area contributed by atoms with Crippen molar-refractivity contribution in [3.63, 3.8) is 0 Å². The standard InChI is InChI=1S/C29H35N3O4/c1-5-7-10-16-31-18-24(33)32-17-21(19-13-11-15-23(35-4)26(19)36-6-2)25-20-12-8-9-14-22(20)30-27(25)29(32,3)28(31)34/h8-9,11-15,21,30H,5-7,10,16-18H2,1-4H3. The number of H-pyrrole nitrogens is 1. The summed E-state index contributed by atoms with van der Waals surface area (Å²) >= 11 is 0. The number of unbranched alkanes of at least 4 members (excludes halogenated alkanes) is 2. The first-order valence-corrected chi connectivity index (χ1v) is 13.0. The number of carbonyl (C=O) groups excluding carboxylic acids is 2. The zero-order chi connectivity index (χ0) is 25.4. The molecule has 7 nitrogen and oxygen atoms in total. The van der Waals surface area contributed by atoms with Gasteiger partial charge in [-0.3, -0.25) is 9.59 Å². The van der Waals surface area contributed by atoms with E-state index in [1.54, 1.807) is 16.9 Å². The zero-order valence-corrected chi connectivity index (χ0v) is 21.6. The van der Waals surface area contributed by atoms with Crippen molar-refractivity contribution in [3.8, 4) is 11.5 Å². The Morgan fingerprint density at radius 1 is 1.08 bits per heavy atom. The summed E-state index contributed by atoms with van der Waals surface area (Å²) in [6.07, 6.45) is 3.00. The Kier molecular flexibility index (Phi) is 6.41. The second-order valence-corrected chi connectivity index (χ2v) is 9.83. The lowest BCUT2D eigenvalue weighted by Crippen LogP contribution is -2.67. The van der Waals surface area contributed by atoms with Gasteiger partial charge >= 0.3 is 0 Å². The molecule has 0 aliphatic carbocycles. The zero-order valence-electron chi connectivity index (χ0n) is 21.6. The summed E-state index contributed by atoms with van der Waals surface area (Å²) in [6.45, 7) is 7.60. The number of para-hydroxylation sites is 2. The first-order valence-electron chi connectivity index (χ1n) is 13.0. The highest BCUT2D eigenvalue weighted by Crippen LogP contribution is 2.50. The fraction of sp³-hybridized carbons (Fsp3) is 0.448. The number of hydrogen-bond donors (Lipinski definition) is 1. The highest BCUT2D eigenvalue weighted by molar-refractivity contribution is 6.01. The molecule has 3 aromatic rings. The molecule has 2 unspecified atom stereocenters. The molecule has 0 spiro atoms. The topological polar surface area (TPSA) is 74.9 Å². The summed E-state index contributed by atoms with van der Waals surface area (Å²) in [5.74, 6) is 1.13. The summed E-state index contributed by atoms with van der Waals surface area (Å²) in [7, 11) is 1.64. The van der Waals surface area contributed by atoms with Crippen molar-refractivity contribution in [3.05, 3.63) is 59.3 Å². The molecule has 36 heavy (non-hydrogen) atoms. The second-order valence-electron chi connectivity index (χ2n) is 9.83. The van der Waals surface area contributed by atoms with Gasteiger partial charge in [0.2, 0.25) is 5.91 Å². The number of rotatable bonds is 8. The van der Waals surface area contributed by atoms with Crippen LogP contribution in [0.1, 0.15) is 62.8 Å². The summed E-state index contributed by atoms with van der Waals surface area (Å²) in [5.41, 5.74) is 2.67. The van der Waals surface area contributed by atoms with E-state index >= 15 is 0 Å². The van der Waals surface area contributed by atoms with Crippen LogP contribution in [0.4, 0.5) is 0 Å². The first kappa shape index (κ1) is 24.2. The SMILES string of the molecule is CCCCCN1CC(=O)N2CC(c3cccc(OC)c3OCC)c3c([nH]c4ccccc34)C2(C)C1=O. The first-order chi connectivity index (χ1) is 17.4. The van der Waals surface area contributed by atoms with Crippen molar-refractivity contribution < 1.29 is 19.1 Å². The largest absolute Gasteiger partial charge is 0.493 e. The van der Waals surface area contributed by atoms with Crippen LogP contribution in [0.3, 0.4) is 0 Å². The van der Waals surface area contributed by atoms with Gasteiger partial charge in [-0.1, -0.05) is 50.1 Å². The molecule has 0 saturated carbocycles. The van der Waals surface area contributed by atoms with Crippen molar-refractivity contribution >= 4 is 22.7 Å². The van der Waals surface area contributed by atoms with Crippen LogP contribution in [0.5, 0.6) is 11.5 Å². The maximum absolute atomic E-state index is 14.0. The van der Waals surface area contributed by atoms with Gasteiger partial charge in [-0.15, -0.1) is 0 Å². The highest BCUT2D eigenvalue weighted by Gasteiger charge is 2.56. The van der Waals surface area contributed by atoms with Gasteiger partial charge in [0.25, 0.3) is 5.91 Å². The summed E-state index contributed by atoms with van der Waals surface area (Å²) < 4.78 is 11.7. The van der Waals surface area contributed by atoms with Gasteiger partial charge in [-0.2, -0.15) is 0 Å². The van der Waals surface area contributed by atoms with Crippen molar-refractivity contribution in [2.45, 2.75) is 51.5 Å². The predicted molar refractivity (Wildman–Crippen MR) is 139 cm³/mol. The number of aromatic nitrogens is 1. The number of carbonyl (C=O) groups is 2. The molecule has 2 aliphatic rings. The van der Waals surface area contributed by atoms with E-state index in [2.05, 4.69) is 18.0 Å². The summed E-state index contributed by atoms with van der Waals surface area (Å²) in [5, 5.41) is 1.06. The Labute approximate surface area is 212 Å². The maximum atomic E-state index is 14.0. The molecule has 2 amide bonds. The van der Waals surface area contributed by atoms with Gasteiger partial charge in [-0.05, 0) is 38.0 Å². The van der Waals surface area contributed by atoms with Gasteiger partial charge < -0.3 is 24.3 Å². The Morgan fingerprint density at radius 3 is 2.64 bits per heavy atom. The Balaban J connectivity index is 1.70. The van der Waals surface area contributed by atoms with Crippen LogP contribution < -0.4 is 9.47 Å². The van der Waals surface area contributed by atoms with Crippen LogP contribution in [-0.4, -0.2) is 59.9 Å². The number of aromatic amines is 1. The van der Waals surface area contributed by atoms with Crippen LogP contribution in [0, 0.1) is 0 Å². The van der Waals surface area contributed by atoms with E-state index in [-0.39, 0.29) is 24.3 Å². The second kappa shape index (κ2) is 9.52. The minimum absolute atomic E-state index is 0.0138. The Morgan fingerprint density at radius 2 is 1.89 bits per heavy atom. The molecule has 0 bridgehead atoms. The number of piperazine rings is 1. The van der Waals surface area contributed by atoms with E-state index in [1.807, 2.05) is 50.2 Å². The van der Waals surface area contributed by atoms with E-state index in [9.17, 15) is 9.59 Å². The fourth-order valence-corrected chi connectivity index (χ4v) is 5.96. The maximum Gasteiger partial charge on any atom is 0.254 e. The number of ether oxygens (including phenoxy) is 2. The molecule has 1 aromatic heterocycles. The van der Waals surface area contributed by atoms with Crippen LogP contribution in [0.2, 0.25) is 0 Å². The molecule has 5 rings (SSSR count). The van der Waals surface area contributed by atoms with Crippen LogP contribution in [0.25, 0.3) is 10.9 Å². The van der Waals surface area contributed by atoms with Crippen LogP contribution >= 0.6 is 0 Å². The lowest BCUT2D eigenvalue weighted by molar-refractivity contribution is -0.166. The third-order valence-corrected chi connectivity index (χ3v) is 7.74. The van der Waals surface area contributed by atoms with Crippen molar-refractivity contribution in [1.29, 1.82) is 0 Å².